The number of carboxylic acid groups (broad SMARTS) is 1. The summed E-state index contributed by atoms with van der Waals surface area (Å²) in [6.45, 7) is 3.58. The van der Waals surface area contributed by atoms with E-state index in [4.69, 9.17) is 9.84 Å². The second kappa shape index (κ2) is 7.63. The molecule has 74 valence electrons. The number of hydrogen-bond acceptors (Lipinski definition) is 2. The third-order valence-corrected chi connectivity index (χ3v) is 1.42. The Labute approximate surface area is 79.1 Å². The molecule has 1 atom stereocenters. The van der Waals surface area contributed by atoms with Crippen LogP contribution in [-0.4, -0.2) is 23.8 Å². The molecule has 0 aromatic heterocycles. The summed E-state index contributed by atoms with van der Waals surface area (Å²) >= 11 is 0. The molecule has 0 saturated heterocycles. The molecule has 0 spiro atoms. The minimum atomic E-state index is -0.956. The van der Waals surface area contributed by atoms with Crippen LogP contribution in [0.4, 0.5) is 0 Å². The minimum absolute atomic E-state index is 0.274. The van der Waals surface area contributed by atoms with Gasteiger partial charge in [-0.05, 0) is 13.3 Å². The monoisotopic (exact) mass is 184 g/mol. The average Bonchev–Trinajstić information content (AvgIpc) is 2.09. The summed E-state index contributed by atoms with van der Waals surface area (Å²) in [7, 11) is 0. The normalized spacial score (nSPS) is 11.5. The van der Waals surface area contributed by atoms with Crippen molar-refractivity contribution in [3.8, 4) is 11.8 Å². The summed E-state index contributed by atoms with van der Waals surface area (Å²) in [5, 5.41) is 8.30. The maximum Gasteiger partial charge on any atom is 0.329 e. The molecule has 0 aliphatic carbocycles. The lowest BCUT2D eigenvalue weighted by Gasteiger charge is -2.02. The van der Waals surface area contributed by atoms with E-state index in [1.807, 2.05) is 0 Å². The maximum absolute atomic E-state index is 10.1. The van der Waals surface area contributed by atoms with Gasteiger partial charge in [0, 0.05) is 6.42 Å². The Morgan fingerprint density at radius 1 is 1.62 bits per heavy atom. The second-order valence-electron chi connectivity index (χ2n) is 2.77. The van der Waals surface area contributed by atoms with Gasteiger partial charge >= 0.3 is 5.97 Å². The van der Waals surface area contributed by atoms with Crippen molar-refractivity contribution >= 4 is 5.97 Å². The van der Waals surface area contributed by atoms with Gasteiger partial charge in [0.05, 0.1) is 0 Å². The van der Waals surface area contributed by atoms with Gasteiger partial charge in [-0.3, -0.25) is 0 Å². The van der Waals surface area contributed by atoms with Gasteiger partial charge < -0.3 is 9.84 Å². The Kier molecular flexibility index (Phi) is 7.04. The highest BCUT2D eigenvalue weighted by molar-refractivity contribution is 5.68. The maximum atomic E-state index is 10.1. The van der Waals surface area contributed by atoms with Crippen molar-refractivity contribution in [2.24, 2.45) is 0 Å². The minimum Gasteiger partial charge on any atom is -0.480 e. The van der Waals surface area contributed by atoms with E-state index >= 15 is 0 Å². The van der Waals surface area contributed by atoms with Crippen LogP contribution in [0.5, 0.6) is 0 Å². The average molecular weight is 184 g/mol. The molecule has 0 aliphatic rings. The van der Waals surface area contributed by atoms with Crippen LogP contribution in [0.1, 0.15) is 33.1 Å². The first-order valence-corrected chi connectivity index (χ1v) is 4.48. The Morgan fingerprint density at radius 3 is 2.85 bits per heavy atom. The van der Waals surface area contributed by atoms with Crippen LogP contribution in [-0.2, 0) is 9.53 Å². The lowest BCUT2D eigenvalue weighted by atomic mass is 10.2. The standard InChI is InChI=1S/C10H16O3/c1-3-4-5-6-7-9(2)13-8-10(11)12/h9H,3-5,8H2,1-2H3,(H,11,12)/t9-/m1/s1. The van der Waals surface area contributed by atoms with E-state index in [9.17, 15) is 4.79 Å². The van der Waals surface area contributed by atoms with E-state index in [1.165, 1.54) is 0 Å². The lowest BCUT2D eigenvalue weighted by molar-refractivity contribution is -0.143. The first-order chi connectivity index (χ1) is 6.16. The SMILES string of the molecule is CCCCC#C[C@@H](C)OCC(=O)O. The van der Waals surface area contributed by atoms with E-state index in [2.05, 4.69) is 18.8 Å². The molecule has 0 fully saturated rings. The molecule has 3 nitrogen and oxygen atoms in total. The highest BCUT2D eigenvalue weighted by atomic mass is 16.5. The molecule has 0 rings (SSSR count). The predicted molar refractivity (Wildman–Crippen MR) is 50.4 cm³/mol. The first kappa shape index (κ1) is 12.0. The van der Waals surface area contributed by atoms with Gasteiger partial charge in [-0.15, -0.1) is 5.92 Å². The number of rotatable bonds is 5. The fraction of sp³-hybridized carbons (Fsp3) is 0.700. The Bertz CT molecular complexity index is 200. The topological polar surface area (TPSA) is 46.5 Å². The van der Waals surface area contributed by atoms with E-state index < -0.39 is 5.97 Å². The van der Waals surface area contributed by atoms with E-state index in [1.54, 1.807) is 6.92 Å². The summed E-state index contributed by atoms with van der Waals surface area (Å²) in [5.74, 6) is 4.82. The summed E-state index contributed by atoms with van der Waals surface area (Å²) in [5.41, 5.74) is 0. The lowest BCUT2D eigenvalue weighted by Crippen LogP contribution is -2.13. The summed E-state index contributed by atoms with van der Waals surface area (Å²) < 4.78 is 4.91. The third-order valence-electron chi connectivity index (χ3n) is 1.42. The number of unbranched alkanes of at least 4 members (excludes halogenated alkanes) is 2. The molecule has 0 bridgehead atoms. The van der Waals surface area contributed by atoms with Crippen molar-refractivity contribution in [2.75, 3.05) is 6.61 Å². The Hall–Kier alpha value is -1.01. The van der Waals surface area contributed by atoms with E-state index in [-0.39, 0.29) is 12.7 Å². The van der Waals surface area contributed by atoms with Gasteiger partial charge in [-0.2, -0.15) is 0 Å². The van der Waals surface area contributed by atoms with Crippen LogP contribution in [0.2, 0.25) is 0 Å². The van der Waals surface area contributed by atoms with Crippen molar-refractivity contribution in [3.05, 3.63) is 0 Å². The van der Waals surface area contributed by atoms with Crippen LogP contribution < -0.4 is 0 Å². The third kappa shape index (κ3) is 8.90. The molecule has 0 heterocycles. The zero-order valence-corrected chi connectivity index (χ0v) is 8.17. The fourth-order valence-electron chi connectivity index (χ4n) is 0.719. The van der Waals surface area contributed by atoms with Gasteiger partial charge in [-0.1, -0.05) is 19.3 Å². The zero-order valence-electron chi connectivity index (χ0n) is 8.17. The summed E-state index contributed by atoms with van der Waals surface area (Å²) in [6.07, 6.45) is 2.78. The fourth-order valence-corrected chi connectivity index (χ4v) is 0.719. The van der Waals surface area contributed by atoms with Crippen LogP contribution in [0, 0.1) is 11.8 Å². The van der Waals surface area contributed by atoms with Gasteiger partial charge in [0.2, 0.25) is 0 Å². The van der Waals surface area contributed by atoms with Crippen molar-refractivity contribution in [3.63, 3.8) is 0 Å². The molecule has 0 aliphatic heterocycles. The van der Waals surface area contributed by atoms with Crippen LogP contribution in [0.15, 0.2) is 0 Å². The Balaban J connectivity index is 3.51. The molecule has 0 aromatic rings. The van der Waals surface area contributed by atoms with Crippen LogP contribution in [0.3, 0.4) is 0 Å². The quantitative estimate of drug-likeness (QED) is 0.522. The van der Waals surface area contributed by atoms with Gasteiger partial charge in [0.25, 0.3) is 0 Å². The second-order valence-corrected chi connectivity index (χ2v) is 2.77. The summed E-state index contributed by atoms with van der Waals surface area (Å²) in [6, 6.07) is 0. The molecule has 0 saturated carbocycles. The number of carboxylic acids is 1. The van der Waals surface area contributed by atoms with Crippen molar-refractivity contribution in [1.29, 1.82) is 0 Å². The predicted octanol–water partition coefficient (Wildman–Crippen LogP) is 1.67. The number of ether oxygens (including phenoxy) is 1. The highest BCUT2D eigenvalue weighted by Gasteiger charge is 2.00. The number of carbonyl (C=O) groups is 1. The molecule has 3 heteroatoms. The van der Waals surface area contributed by atoms with Crippen molar-refractivity contribution in [2.45, 2.75) is 39.2 Å². The highest BCUT2D eigenvalue weighted by Crippen LogP contribution is 1.92. The van der Waals surface area contributed by atoms with Gasteiger partial charge in [-0.25, -0.2) is 4.79 Å². The largest absolute Gasteiger partial charge is 0.480 e. The van der Waals surface area contributed by atoms with E-state index in [0.717, 1.165) is 19.3 Å². The van der Waals surface area contributed by atoms with Gasteiger partial charge in [0.15, 0.2) is 0 Å². The molecule has 13 heavy (non-hydrogen) atoms. The smallest absolute Gasteiger partial charge is 0.329 e. The van der Waals surface area contributed by atoms with Crippen LogP contribution >= 0.6 is 0 Å². The zero-order chi connectivity index (χ0) is 10.1. The molecule has 0 amide bonds. The van der Waals surface area contributed by atoms with Crippen molar-refractivity contribution < 1.29 is 14.6 Å². The number of aliphatic carboxylic acids is 1. The molecular formula is C10H16O3. The molecule has 0 unspecified atom stereocenters. The molecule has 1 N–H and O–H groups in total. The number of hydrogen-bond donors (Lipinski definition) is 1. The Morgan fingerprint density at radius 2 is 2.31 bits per heavy atom. The van der Waals surface area contributed by atoms with Crippen molar-refractivity contribution in [1.82, 2.24) is 0 Å². The molecule has 0 radical (unpaired) electrons. The van der Waals surface area contributed by atoms with Gasteiger partial charge in [0.1, 0.15) is 12.7 Å². The first-order valence-electron chi connectivity index (χ1n) is 4.48. The molecule has 0 aromatic carbocycles. The molecular weight excluding hydrogens is 168 g/mol. The van der Waals surface area contributed by atoms with Crippen LogP contribution in [0.25, 0.3) is 0 Å². The van der Waals surface area contributed by atoms with E-state index in [0.29, 0.717) is 0 Å². The summed E-state index contributed by atoms with van der Waals surface area (Å²) in [4.78, 5) is 10.1.